The minimum absolute atomic E-state index is 0.197. The van der Waals surface area contributed by atoms with Crippen molar-refractivity contribution in [3.63, 3.8) is 0 Å². The van der Waals surface area contributed by atoms with E-state index in [1.807, 2.05) is 37.4 Å². The molecular formula is C39H29N5. The van der Waals surface area contributed by atoms with Crippen molar-refractivity contribution in [1.29, 1.82) is 5.41 Å². The summed E-state index contributed by atoms with van der Waals surface area (Å²) in [5.41, 5.74) is 8.48. The summed E-state index contributed by atoms with van der Waals surface area (Å²) in [6.07, 6.45) is 0. The summed E-state index contributed by atoms with van der Waals surface area (Å²) in [6, 6.07) is 50.4. The maximum absolute atomic E-state index is 8.89. The first-order valence-electron chi connectivity index (χ1n) is 14.8. The van der Waals surface area contributed by atoms with Gasteiger partial charge in [-0.15, -0.1) is 0 Å². The van der Waals surface area contributed by atoms with E-state index >= 15 is 0 Å². The van der Waals surface area contributed by atoms with Gasteiger partial charge in [-0.25, -0.2) is 0 Å². The van der Waals surface area contributed by atoms with Crippen molar-refractivity contribution in [2.24, 2.45) is 4.99 Å². The highest BCUT2D eigenvalue weighted by Crippen LogP contribution is 2.41. The Balaban J connectivity index is 1.54. The van der Waals surface area contributed by atoms with Gasteiger partial charge in [-0.05, 0) is 23.8 Å². The predicted octanol–water partition coefficient (Wildman–Crippen LogP) is 9.01. The summed E-state index contributed by atoms with van der Waals surface area (Å²) in [5.74, 6) is 0.786. The van der Waals surface area contributed by atoms with Gasteiger partial charge in [0.2, 0.25) is 5.96 Å². The lowest BCUT2D eigenvalue weighted by Gasteiger charge is -2.16. The Hall–Kier alpha value is -5.94. The molecule has 5 heteroatoms. The van der Waals surface area contributed by atoms with Crippen LogP contribution < -0.4 is 5.32 Å². The van der Waals surface area contributed by atoms with Crippen LogP contribution >= 0.6 is 0 Å². The molecule has 2 N–H and O–H groups in total. The van der Waals surface area contributed by atoms with Gasteiger partial charge in [0.15, 0.2) is 5.84 Å². The number of fused-ring (bicyclic) bond motifs is 7. The third-order valence-electron chi connectivity index (χ3n) is 8.40. The first-order chi connectivity index (χ1) is 21.7. The molecule has 2 heterocycles. The zero-order valence-corrected chi connectivity index (χ0v) is 24.2. The van der Waals surface area contributed by atoms with E-state index in [-0.39, 0.29) is 5.84 Å². The average Bonchev–Trinajstić information content (AvgIpc) is 3.61. The molecule has 210 valence electrons. The number of aliphatic imine (C=N–C) groups is 1. The molecule has 0 saturated heterocycles. The highest BCUT2D eigenvalue weighted by Gasteiger charge is 2.23. The van der Waals surface area contributed by atoms with Crippen LogP contribution in [0.2, 0.25) is 0 Å². The normalized spacial score (nSPS) is 12.0. The van der Waals surface area contributed by atoms with Gasteiger partial charge in [0.1, 0.15) is 0 Å². The molecule has 0 bridgehead atoms. The number of rotatable bonds is 3. The van der Waals surface area contributed by atoms with Gasteiger partial charge in [0.05, 0.1) is 27.8 Å². The van der Waals surface area contributed by atoms with E-state index < -0.39 is 0 Å². The Bertz CT molecular complexity index is 2380. The van der Waals surface area contributed by atoms with E-state index in [1.165, 1.54) is 5.39 Å². The molecular weight excluding hydrogens is 538 g/mol. The van der Waals surface area contributed by atoms with Gasteiger partial charge < -0.3 is 9.88 Å². The second-order valence-electron chi connectivity index (χ2n) is 10.8. The molecule has 5 nitrogen and oxygen atoms in total. The molecule has 0 radical (unpaired) electrons. The van der Waals surface area contributed by atoms with Crippen LogP contribution in [0, 0.1) is 5.41 Å². The minimum atomic E-state index is 0.197. The second-order valence-corrected chi connectivity index (χ2v) is 10.8. The van der Waals surface area contributed by atoms with Crippen molar-refractivity contribution in [2.75, 3.05) is 7.05 Å². The van der Waals surface area contributed by atoms with E-state index in [4.69, 9.17) is 10.4 Å². The molecule has 8 aromatic rings. The van der Waals surface area contributed by atoms with Crippen molar-refractivity contribution >= 4 is 55.4 Å². The van der Waals surface area contributed by atoms with Gasteiger partial charge in [-0.1, -0.05) is 127 Å². The lowest BCUT2D eigenvalue weighted by molar-refractivity contribution is 1.06. The van der Waals surface area contributed by atoms with Crippen molar-refractivity contribution in [3.8, 4) is 16.8 Å². The molecule has 8 rings (SSSR count). The van der Waals surface area contributed by atoms with Crippen LogP contribution in [0.3, 0.4) is 0 Å². The van der Waals surface area contributed by atoms with E-state index in [9.17, 15) is 0 Å². The minimum Gasteiger partial charge on any atom is -0.358 e. The van der Waals surface area contributed by atoms with Crippen molar-refractivity contribution in [2.45, 2.75) is 0 Å². The summed E-state index contributed by atoms with van der Waals surface area (Å²) in [4.78, 5) is 4.88. The Morgan fingerprint density at radius 1 is 0.568 bits per heavy atom. The second kappa shape index (κ2) is 10.4. The third-order valence-corrected chi connectivity index (χ3v) is 8.40. The smallest absolute Gasteiger partial charge is 0.209 e. The van der Waals surface area contributed by atoms with Gasteiger partial charge in [-0.3, -0.25) is 9.98 Å². The number of amidine groups is 1. The fourth-order valence-corrected chi connectivity index (χ4v) is 6.49. The molecule has 0 atom stereocenters. The van der Waals surface area contributed by atoms with Crippen LogP contribution in [0.4, 0.5) is 0 Å². The zero-order valence-electron chi connectivity index (χ0n) is 24.2. The fraction of sp³-hybridized carbons (Fsp3) is 0.0256. The average molecular weight is 568 g/mol. The summed E-state index contributed by atoms with van der Waals surface area (Å²) in [7, 11) is 1.87. The highest BCUT2D eigenvalue weighted by molar-refractivity contribution is 6.26. The first-order valence-corrected chi connectivity index (χ1v) is 14.8. The molecule has 0 aliphatic carbocycles. The standard InChI is InChI=1S/C39H29N5/c1-41-39(42-38(40)27-16-6-3-7-17-27)44-35-23-13-10-20-30(35)32-25-24-31-29-19-9-12-22-34(29)43(36(31)37(32)44)33-21-11-8-18-28(33)26-14-4-2-5-15-26/h2-25H,1H3,(H2,40,41,42). The topological polar surface area (TPSA) is 58.1 Å². The van der Waals surface area contributed by atoms with Crippen LogP contribution in [-0.2, 0) is 0 Å². The first kappa shape index (κ1) is 25.7. The molecule has 0 saturated carbocycles. The molecule has 0 unspecified atom stereocenters. The van der Waals surface area contributed by atoms with Crippen molar-refractivity contribution in [1.82, 2.24) is 14.5 Å². The Kier molecular flexibility index (Phi) is 6.09. The van der Waals surface area contributed by atoms with E-state index in [2.05, 4.69) is 130 Å². The number of benzene rings is 6. The Labute approximate surface area is 254 Å². The number of para-hydroxylation sites is 3. The summed E-state index contributed by atoms with van der Waals surface area (Å²) in [5, 5.41) is 16.8. The fourth-order valence-electron chi connectivity index (χ4n) is 6.49. The predicted molar refractivity (Wildman–Crippen MR) is 184 cm³/mol. The van der Waals surface area contributed by atoms with Crippen LogP contribution in [0.15, 0.2) is 151 Å². The van der Waals surface area contributed by atoms with Gasteiger partial charge in [-0.2, -0.15) is 4.99 Å². The lowest BCUT2D eigenvalue weighted by Crippen LogP contribution is -2.28. The number of nitrogens with one attached hydrogen (secondary N) is 2. The van der Waals surface area contributed by atoms with Crippen molar-refractivity contribution in [3.05, 3.63) is 151 Å². The summed E-state index contributed by atoms with van der Waals surface area (Å²) < 4.78 is 4.59. The quantitative estimate of drug-likeness (QED) is 0.162. The SMILES string of the molecule is CN/C(=N\C(=N)c1ccccc1)n1c2ccccc2c2ccc3c4ccccc4n(-c4ccccc4-c4ccccc4)c3c21. The number of nitrogens with zero attached hydrogens (tertiary/aromatic N) is 3. The van der Waals surface area contributed by atoms with E-state index in [0.717, 1.165) is 60.6 Å². The number of aromatic nitrogens is 2. The summed E-state index contributed by atoms with van der Waals surface area (Å²) >= 11 is 0. The number of hydrogen-bond donors (Lipinski definition) is 2. The molecule has 0 spiro atoms. The van der Waals surface area contributed by atoms with Gasteiger partial charge in [0.25, 0.3) is 0 Å². The molecule has 44 heavy (non-hydrogen) atoms. The van der Waals surface area contributed by atoms with Crippen LogP contribution in [0.5, 0.6) is 0 Å². The van der Waals surface area contributed by atoms with E-state index in [0.29, 0.717) is 5.96 Å². The molecule has 0 amide bonds. The Morgan fingerprint density at radius 2 is 1.14 bits per heavy atom. The van der Waals surface area contributed by atoms with E-state index in [1.54, 1.807) is 0 Å². The zero-order chi connectivity index (χ0) is 29.6. The molecule has 0 aliphatic rings. The monoisotopic (exact) mass is 567 g/mol. The third kappa shape index (κ3) is 3.94. The van der Waals surface area contributed by atoms with Crippen LogP contribution in [0.1, 0.15) is 5.56 Å². The molecule has 6 aromatic carbocycles. The van der Waals surface area contributed by atoms with Crippen LogP contribution in [0.25, 0.3) is 60.4 Å². The maximum atomic E-state index is 8.89. The molecule has 0 fully saturated rings. The van der Waals surface area contributed by atoms with Crippen LogP contribution in [-0.4, -0.2) is 28.0 Å². The largest absolute Gasteiger partial charge is 0.358 e. The highest BCUT2D eigenvalue weighted by atomic mass is 15.2. The lowest BCUT2D eigenvalue weighted by atomic mass is 10.0. The van der Waals surface area contributed by atoms with Crippen molar-refractivity contribution < 1.29 is 0 Å². The van der Waals surface area contributed by atoms with Gasteiger partial charge in [0, 0.05) is 39.7 Å². The number of hydrogen-bond acceptors (Lipinski definition) is 1. The Morgan fingerprint density at radius 3 is 1.86 bits per heavy atom. The maximum Gasteiger partial charge on any atom is 0.209 e. The molecule has 0 aliphatic heterocycles. The molecule has 2 aromatic heterocycles. The summed E-state index contributed by atoms with van der Waals surface area (Å²) in [6.45, 7) is 0. The van der Waals surface area contributed by atoms with Gasteiger partial charge >= 0.3 is 0 Å².